The van der Waals surface area contributed by atoms with Gasteiger partial charge in [0.2, 0.25) is 5.79 Å². The second-order valence-corrected chi connectivity index (χ2v) is 8.38. The van der Waals surface area contributed by atoms with E-state index in [2.05, 4.69) is 20.9 Å². The number of guanidine groups is 1. The number of nitrogens with zero attached hydrogens (tertiary/aromatic N) is 2. The van der Waals surface area contributed by atoms with Crippen molar-refractivity contribution in [2.75, 3.05) is 20.3 Å². The minimum absolute atomic E-state index is 0.179. The Morgan fingerprint density at radius 1 is 1.30 bits per heavy atom. The van der Waals surface area contributed by atoms with Crippen LogP contribution >= 0.6 is 27.3 Å². The van der Waals surface area contributed by atoms with E-state index >= 15 is 0 Å². The molecule has 0 spiro atoms. The number of thiophene rings is 1. The van der Waals surface area contributed by atoms with E-state index < -0.39 is 11.3 Å². The zero-order valence-electron chi connectivity index (χ0n) is 15.1. The van der Waals surface area contributed by atoms with Crippen LogP contribution in [0.3, 0.4) is 0 Å². The largest absolute Gasteiger partial charge is 0.369 e. The lowest BCUT2D eigenvalue weighted by atomic mass is 9.84. The van der Waals surface area contributed by atoms with Gasteiger partial charge in [-0.25, -0.2) is 4.99 Å². The van der Waals surface area contributed by atoms with Gasteiger partial charge in [0, 0.05) is 23.5 Å². The first-order valence-corrected chi connectivity index (χ1v) is 10.4. The minimum Gasteiger partial charge on any atom is -0.369 e. The minimum atomic E-state index is -1.20. The van der Waals surface area contributed by atoms with Gasteiger partial charge in [0.15, 0.2) is 11.5 Å². The highest BCUT2D eigenvalue weighted by Gasteiger charge is 2.51. The Morgan fingerprint density at radius 2 is 2.04 bits per heavy atom. The van der Waals surface area contributed by atoms with E-state index in [1.165, 1.54) is 16.2 Å². The molecular weight excluding hydrogens is 430 g/mol. The summed E-state index contributed by atoms with van der Waals surface area (Å²) in [5.74, 6) is -0.725. The topological polar surface area (TPSA) is 77.2 Å². The van der Waals surface area contributed by atoms with E-state index in [1.54, 1.807) is 7.05 Å². The lowest BCUT2D eigenvalue weighted by Crippen LogP contribution is -2.41. The molecule has 3 heterocycles. The Kier molecular flexibility index (Phi) is 4.62. The number of amides is 1. The summed E-state index contributed by atoms with van der Waals surface area (Å²) in [6.07, 6.45) is 0.691. The van der Waals surface area contributed by atoms with Crippen LogP contribution < -0.4 is 5.73 Å². The maximum atomic E-state index is 13.3. The van der Waals surface area contributed by atoms with Gasteiger partial charge in [-0.2, -0.15) is 0 Å². The number of aliphatic imine (C=N–C) groups is 1. The van der Waals surface area contributed by atoms with Crippen molar-refractivity contribution in [3.8, 4) is 0 Å². The normalized spacial score (nSPS) is 24.5. The molecule has 1 atom stereocenters. The number of halogens is 1. The molecule has 8 heteroatoms. The molecule has 1 aromatic heterocycles. The molecule has 1 unspecified atom stereocenters. The van der Waals surface area contributed by atoms with E-state index in [9.17, 15) is 4.79 Å². The van der Waals surface area contributed by atoms with Crippen molar-refractivity contribution >= 4 is 39.1 Å². The summed E-state index contributed by atoms with van der Waals surface area (Å²) in [7, 11) is 1.64. The Morgan fingerprint density at radius 3 is 2.63 bits per heavy atom. The fourth-order valence-electron chi connectivity index (χ4n) is 3.60. The zero-order chi connectivity index (χ0) is 19.2. The summed E-state index contributed by atoms with van der Waals surface area (Å²) < 4.78 is 12.7. The molecule has 2 aromatic rings. The first-order chi connectivity index (χ1) is 12.9. The van der Waals surface area contributed by atoms with E-state index in [-0.39, 0.29) is 11.9 Å². The van der Waals surface area contributed by atoms with Crippen molar-refractivity contribution in [2.24, 2.45) is 10.7 Å². The number of benzene rings is 1. The van der Waals surface area contributed by atoms with Crippen LogP contribution in [0, 0.1) is 0 Å². The maximum Gasteiger partial charge on any atom is 0.266 e. The van der Waals surface area contributed by atoms with Gasteiger partial charge in [0.05, 0.1) is 18.1 Å². The Hall–Kier alpha value is -1.74. The van der Waals surface area contributed by atoms with Gasteiger partial charge < -0.3 is 15.2 Å². The molecule has 2 aliphatic heterocycles. The number of hydrogen-bond donors (Lipinski definition) is 1. The SMILES string of the molecule is CCC1(c2cc(C3(c4cccc(Br)c4)N=C(N)N(C)C3=O)cs2)OCCO1. The van der Waals surface area contributed by atoms with E-state index in [0.29, 0.717) is 19.6 Å². The molecule has 2 aliphatic rings. The molecular formula is C19H20BrN3O3S. The smallest absolute Gasteiger partial charge is 0.266 e. The standard InChI is InChI=1S/C19H20BrN3O3S/c1-3-18(25-7-8-26-18)15-10-13(11-27-15)19(12-5-4-6-14(20)9-12)16(24)23(2)17(21)22-19/h4-6,9-11H,3,7-8H2,1-2H3,(H2,21,22). The monoisotopic (exact) mass is 449 g/mol. The second-order valence-electron chi connectivity index (χ2n) is 6.56. The Labute approximate surface area is 170 Å². The molecule has 1 fully saturated rings. The van der Waals surface area contributed by atoms with Crippen LogP contribution in [-0.4, -0.2) is 37.0 Å². The molecule has 0 bridgehead atoms. The molecule has 142 valence electrons. The molecule has 0 aliphatic carbocycles. The number of carbonyl (C=O) groups is 1. The third kappa shape index (κ3) is 2.74. The third-order valence-electron chi connectivity index (χ3n) is 5.09. The second kappa shape index (κ2) is 6.70. The molecule has 6 nitrogen and oxygen atoms in total. The quantitative estimate of drug-likeness (QED) is 0.777. The predicted octanol–water partition coefficient (Wildman–Crippen LogP) is 3.15. The Bertz CT molecular complexity index is 922. The number of hydrogen-bond acceptors (Lipinski definition) is 6. The summed E-state index contributed by atoms with van der Waals surface area (Å²) in [6, 6.07) is 9.58. The van der Waals surface area contributed by atoms with Crippen LogP contribution in [0.4, 0.5) is 0 Å². The first kappa shape index (κ1) is 18.6. The first-order valence-electron chi connectivity index (χ1n) is 8.70. The van der Waals surface area contributed by atoms with Crippen molar-refractivity contribution in [1.29, 1.82) is 0 Å². The van der Waals surface area contributed by atoms with Crippen molar-refractivity contribution in [3.05, 3.63) is 56.2 Å². The molecule has 0 saturated carbocycles. The average molecular weight is 450 g/mol. The molecule has 2 N–H and O–H groups in total. The summed E-state index contributed by atoms with van der Waals surface area (Å²) >= 11 is 5.01. The van der Waals surface area contributed by atoms with E-state index in [0.717, 1.165) is 20.5 Å². The van der Waals surface area contributed by atoms with Gasteiger partial charge in [0.1, 0.15) is 0 Å². The summed E-state index contributed by atoms with van der Waals surface area (Å²) in [5.41, 5.74) is 6.36. The van der Waals surface area contributed by atoms with Crippen LogP contribution in [0.2, 0.25) is 0 Å². The number of rotatable bonds is 4. The van der Waals surface area contributed by atoms with E-state index in [4.69, 9.17) is 15.2 Å². The van der Waals surface area contributed by atoms with Crippen molar-refractivity contribution < 1.29 is 14.3 Å². The third-order valence-corrected chi connectivity index (χ3v) is 6.64. The fourth-order valence-corrected chi connectivity index (χ4v) is 5.13. The molecule has 1 saturated heterocycles. The van der Waals surface area contributed by atoms with Crippen molar-refractivity contribution in [3.63, 3.8) is 0 Å². The number of nitrogens with two attached hydrogens (primary N) is 1. The lowest BCUT2D eigenvalue weighted by Gasteiger charge is -2.26. The average Bonchev–Trinajstić information content (AvgIpc) is 3.38. The van der Waals surface area contributed by atoms with E-state index in [1.807, 2.05) is 42.6 Å². The molecule has 1 aromatic carbocycles. The summed E-state index contributed by atoms with van der Waals surface area (Å²) in [6.45, 7) is 3.15. The highest BCUT2D eigenvalue weighted by Crippen LogP contribution is 2.45. The number of likely N-dealkylation sites (N-methyl/N-ethyl adjacent to an activating group) is 1. The van der Waals surface area contributed by atoms with Gasteiger partial charge in [-0.05, 0) is 29.1 Å². The number of carbonyl (C=O) groups excluding carboxylic acids is 1. The predicted molar refractivity (Wildman–Crippen MR) is 108 cm³/mol. The summed E-state index contributed by atoms with van der Waals surface area (Å²) in [5, 5.41) is 1.95. The maximum absolute atomic E-state index is 13.3. The molecule has 27 heavy (non-hydrogen) atoms. The van der Waals surface area contributed by atoms with Crippen LogP contribution in [0.25, 0.3) is 0 Å². The lowest BCUT2D eigenvalue weighted by molar-refractivity contribution is -0.164. The van der Waals surface area contributed by atoms with Gasteiger partial charge >= 0.3 is 0 Å². The fraction of sp³-hybridized carbons (Fsp3) is 0.368. The van der Waals surface area contributed by atoms with Gasteiger partial charge in [0.25, 0.3) is 5.91 Å². The molecule has 4 rings (SSSR count). The van der Waals surface area contributed by atoms with Crippen LogP contribution in [0.5, 0.6) is 0 Å². The highest BCUT2D eigenvalue weighted by molar-refractivity contribution is 9.10. The van der Waals surface area contributed by atoms with Gasteiger partial charge in [-0.15, -0.1) is 11.3 Å². The van der Waals surface area contributed by atoms with Crippen LogP contribution in [0.1, 0.15) is 29.3 Å². The summed E-state index contributed by atoms with van der Waals surface area (Å²) in [4.78, 5) is 20.2. The van der Waals surface area contributed by atoms with Crippen molar-refractivity contribution in [2.45, 2.75) is 24.7 Å². The number of ether oxygens (including phenoxy) is 2. The van der Waals surface area contributed by atoms with Gasteiger partial charge in [-0.3, -0.25) is 9.69 Å². The highest BCUT2D eigenvalue weighted by atomic mass is 79.9. The Balaban J connectivity index is 1.88. The molecule has 1 amide bonds. The molecule has 0 radical (unpaired) electrons. The van der Waals surface area contributed by atoms with Crippen molar-refractivity contribution in [1.82, 2.24) is 4.90 Å². The van der Waals surface area contributed by atoms with Gasteiger partial charge in [-0.1, -0.05) is 35.0 Å². The van der Waals surface area contributed by atoms with Crippen LogP contribution in [-0.2, 0) is 25.6 Å². The van der Waals surface area contributed by atoms with Crippen LogP contribution in [0.15, 0.2) is 45.2 Å². The zero-order valence-corrected chi connectivity index (χ0v) is 17.5.